The van der Waals surface area contributed by atoms with Gasteiger partial charge in [-0.1, -0.05) is 11.6 Å². The monoisotopic (exact) mass is 473 g/mol. The molecule has 2 atom stereocenters. The van der Waals surface area contributed by atoms with E-state index in [1.807, 2.05) is 31.7 Å². The smallest absolute Gasteiger partial charge is 0.349 e. The van der Waals surface area contributed by atoms with Gasteiger partial charge in [-0.3, -0.25) is 4.57 Å². The van der Waals surface area contributed by atoms with Crippen molar-refractivity contribution < 1.29 is 14.2 Å². The largest absolute Gasteiger partial charge is 0.489 e. The molecule has 4 heterocycles. The van der Waals surface area contributed by atoms with Crippen LogP contribution in [0.3, 0.4) is 0 Å². The molecule has 0 amide bonds. The van der Waals surface area contributed by atoms with Gasteiger partial charge in [0, 0.05) is 39.2 Å². The number of anilines is 1. The van der Waals surface area contributed by atoms with Gasteiger partial charge in [-0.2, -0.15) is 4.98 Å². The Morgan fingerprint density at radius 2 is 2.00 bits per heavy atom. The van der Waals surface area contributed by atoms with Gasteiger partial charge in [0.15, 0.2) is 5.82 Å². The molecule has 1 fully saturated rings. The highest BCUT2D eigenvalue weighted by atomic mass is 35.5. The number of piperidine rings is 1. The molecule has 4 rings (SSSR count). The molecule has 0 aliphatic carbocycles. The van der Waals surface area contributed by atoms with Crippen LogP contribution in [0, 0.1) is 0 Å². The summed E-state index contributed by atoms with van der Waals surface area (Å²) in [5.74, 6) is 1.72. The summed E-state index contributed by atoms with van der Waals surface area (Å²) in [6.45, 7) is 7.52. The van der Waals surface area contributed by atoms with Crippen molar-refractivity contribution in [3.63, 3.8) is 0 Å². The Balaban J connectivity index is 1.56. The Labute approximate surface area is 197 Å². The predicted octanol–water partition coefficient (Wildman–Crippen LogP) is 3.23. The van der Waals surface area contributed by atoms with Gasteiger partial charge in [0.2, 0.25) is 5.88 Å². The summed E-state index contributed by atoms with van der Waals surface area (Å²) in [5.41, 5.74) is 0.913. The van der Waals surface area contributed by atoms with Crippen LogP contribution < -0.4 is 20.1 Å². The lowest BCUT2D eigenvalue weighted by atomic mass is 10.0. The van der Waals surface area contributed by atoms with Crippen LogP contribution in [0.2, 0.25) is 5.15 Å². The maximum absolute atomic E-state index is 12.5. The van der Waals surface area contributed by atoms with Crippen LogP contribution in [0.4, 0.5) is 5.82 Å². The van der Waals surface area contributed by atoms with Gasteiger partial charge in [-0.05, 0) is 39.0 Å². The maximum Gasteiger partial charge on any atom is 0.349 e. The molecular formula is C23H28ClN5O4. The molecule has 1 aliphatic heterocycles. The third-order valence-electron chi connectivity index (χ3n) is 5.43. The van der Waals surface area contributed by atoms with Crippen molar-refractivity contribution in [2.45, 2.75) is 45.5 Å². The number of halogens is 1. The Morgan fingerprint density at radius 3 is 2.70 bits per heavy atom. The molecule has 3 aromatic heterocycles. The van der Waals surface area contributed by atoms with Crippen molar-refractivity contribution in [3.8, 4) is 11.6 Å². The zero-order valence-corrected chi connectivity index (χ0v) is 20.0. The summed E-state index contributed by atoms with van der Waals surface area (Å²) < 4.78 is 19.3. The Hall–Kier alpha value is -2.91. The van der Waals surface area contributed by atoms with Crippen molar-refractivity contribution in [2.24, 2.45) is 7.05 Å². The van der Waals surface area contributed by atoms with Crippen LogP contribution in [-0.4, -0.2) is 57.5 Å². The first kappa shape index (κ1) is 23.3. The van der Waals surface area contributed by atoms with Crippen LogP contribution in [0.5, 0.6) is 11.6 Å². The molecule has 1 saturated heterocycles. The minimum Gasteiger partial charge on any atom is -0.489 e. The quantitative estimate of drug-likeness (QED) is 0.483. The lowest BCUT2D eigenvalue weighted by Crippen LogP contribution is -2.51. The number of aryl methyl sites for hydroxylation is 1. The summed E-state index contributed by atoms with van der Waals surface area (Å²) in [5, 5.41) is 0.347. The molecule has 1 aliphatic rings. The van der Waals surface area contributed by atoms with Crippen LogP contribution in [-0.2, 0) is 11.8 Å². The Bertz CT molecular complexity index is 1170. The average molecular weight is 474 g/mol. The molecular weight excluding hydrogens is 446 g/mol. The summed E-state index contributed by atoms with van der Waals surface area (Å²) in [7, 11) is 1.67. The first-order valence-corrected chi connectivity index (χ1v) is 11.4. The van der Waals surface area contributed by atoms with Crippen molar-refractivity contribution >= 4 is 28.5 Å². The maximum atomic E-state index is 12.5. The van der Waals surface area contributed by atoms with Crippen LogP contribution in [0.25, 0.3) is 11.0 Å². The van der Waals surface area contributed by atoms with Crippen molar-refractivity contribution in [3.05, 3.63) is 46.1 Å². The number of hydrogen-bond donors (Lipinski definition) is 0. The molecule has 0 aromatic carbocycles. The second kappa shape index (κ2) is 9.93. The minimum absolute atomic E-state index is 0.0779. The standard InChI is InChI=1S/C23H28ClN5O4/c1-5-31-18-13-29(22-21-16(7-8-19(24)26-21)28(4)23(30)27-22)11-10-17(18)33-20-9-6-15(12-25-20)32-14(2)3/h6-9,12,14,17-18H,5,10-11,13H2,1-4H3. The van der Waals surface area contributed by atoms with E-state index >= 15 is 0 Å². The fourth-order valence-corrected chi connectivity index (χ4v) is 4.08. The van der Waals surface area contributed by atoms with Gasteiger partial charge in [-0.15, -0.1) is 0 Å². The van der Waals surface area contributed by atoms with Crippen LogP contribution in [0.1, 0.15) is 27.2 Å². The van der Waals surface area contributed by atoms with Crippen LogP contribution >= 0.6 is 11.6 Å². The molecule has 0 saturated carbocycles. The zero-order valence-electron chi connectivity index (χ0n) is 19.2. The molecule has 33 heavy (non-hydrogen) atoms. The molecule has 0 bridgehead atoms. The van der Waals surface area contributed by atoms with E-state index in [1.54, 1.807) is 31.4 Å². The van der Waals surface area contributed by atoms with E-state index in [4.69, 9.17) is 25.8 Å². The Kier molecular flexibility index (Phi) is 6.99. The number of nitrogens with zero attached hydrogens (tertiary/aromatic N) is 5. The van der Waals surface area contributed by atoms with E-state index < -0.39 is 0 Å². The second-order valence-electron chi connectivity index (χ2n) is 8.16. The molecule has 176 valence electrons. The highest BCUT2D eigenvalue weighted by Gasteiger charge is 2.33. The molecule has 10 heteroatoms. The molecule has 0 radical (unpaired) electrons. The summed E-state index contributed by atoms with van der Waals surface area (Å²) >= 11 is 6.15. The first-order chi connectivity index (χ1) is 15.9. The summed E-state index contributed by atoms with van der Waals surface area (Å²) in [6.07, 6.45) is 1.97. The number of fused-ring (bicyclic) bond motifs is 1. The third-order valence-corrected chi connectivity index (χ3v) is 5.64. The van der Waals surface area contributed by atoms with Gasteiger partial charge in [0.1, 0.15) is 28.6 Å². The number of rotatable bonds is 7. The zero-order chi connectivity index (χ0) is 23.5. The SMILES string of the molecule is CCOC1CN(c2nc(=O)n(C)c3ccc(Cl)nc23)CCC1Oc1ccc(OC(C)C)cn1. The van der Waals surface area contributed by atoms with E-state index in [9.17, 15) is 4.79 Å². The fraction of sp³-hybridized carbons (Fsp3) is 0.478. The van der Waals surface area contributed by atoms with Gasteiger partial charge in [0.05, 0.1) is 17.8 Å². The molecule has 3 aromatic rings. The highest BCUT2D eigenvalue weighted by molar-refractivity contribution is 6.29. The highest BCUT2D eigenvalue weighted by Crippen LogP contribution is 2.28. The van der Waals surface area contributed by atoms with Gasteiger partial charge >= 0.3 is 5.69 Å². The molecule has 0 spiro atoms. The van der Waals surface area contributed by atoms with Gasteiger partial charge < -0.3 is 19.1 Å². The van der Waals surface area contributed by atoms with Crippen LogP contribution in [0.15, 0.2) is 35.3 Å². The van der Waals surface area contributed by atoms with Crippen molar-refractivity contribution in [1.82, 2.24) is 19.5 Å². The number of hydrogen-bond acceptors (Lipinski definition) is 8. The van der Waals surface area contributed by atoms with Gasteiger partial charge in [0.25, 0.3) is 0 Å². The molecule has 2 unspecified atom stereocenters. The van der Waals surface area contributed by atoms with E-state index in [-0.39, 0.29) is 24.0 Å². The first-order valence-electron chi connectivity index (χ1n) is 11.0. The predicted molar refractivity (Wildman–Crippen MR) is 126 cm³/mol. The topological polar surface area (TPSA) is 91.6 Å². The lowest BCUT2D eigenvalue weighted by Gasteiger charge is -2.38. The molecule has 9 nitrogen and oxygen atoms in total. The van der Waals surface area contributed by atoms with Crippen molar-refractivity contribution in [2.75, 3.05) is 24.6 Å². The van der Waals surface area contributed by atoms with Crippen molar-refractivity contribution in [1.29, 1.82) is 0 Å². The normalized spacial score (nSPS) is 18.7. The van der Waals surface area contributed by atoms with E-state index in [1.165, 1.54) is 4.57 Å². The fourth-order valence-electron chi connectivity index (χ4n) is 3.93. The average Bonchev–Trinajstić information content (AvgIpc) is 2.78. The number of aromatic nitrogens is 4. The minimum atomic E-state index is -0.346. The lowest BCUT2D eigenvalue weighted by molar-refractivity contribution is -0.0297. The number of pyridine rings is 2. The second-order valence-corrected chi connectivity index (χ2v) is 8.55. The third kappa shape index (κ3) is 5.20. The summed E-state index contributed by atoms with van der Waals surface area (Å²) in [6, 6.07) is 7.10. The van der Waals surface area contributed by atoms with E-state index in [2.05, 4.69) is 15.0 Å². The molecule has 0 N–H and O–H groups in total. The van der Waals surface area contributed by atoms with Gasteiger partial charge in [-0.25, -0.2) is 14.8 Å². The Morgan fingerprint density at radius 1 is 1.18 bits per heavy atom. The van der Waals surface area contributed by atoms with E-state index in [0.29, 0.717) is 59.8 Å². The number of ether oxygens (including phenoxy) is 3. The summed E-state index contributed by atoms with van der Waals surface area (Å²) in [4.78, 5) is 27.6. The van der Waals surface area contributed by atoms with E-state index in [0.717, 1.165) is 0 Å².